The Balaban J connectivity index is 2.60. The topological polar surface area (TPSA) is 95.5 Å². The fourth-order valence-electron chi connectivity index (χ4n) is 1.56. The van der Waals surface area contributed by atoms with Gasteiger partial charge in [0.15, 0.2) is 0 Å². The lowest BCUT2D eigenvalue weighted by molar-refractivity contribution is -0.136. The summed E-state index contributed by atoms with van der Waals surface area (Å²) >= 11 is 0. The van der Waals surface area contributed by atoms with E-state index in [-0.39, 0.29) is 23.7 Å². The first-order valence-electron chi connectivity index (χ1n) is 6.68. The van der Waals surface area contributed by atoms with E-state index in [9.17, 15) is 18.8 Å². The van der Waals surface area contributed by atoms with Crippen LogP contribution in [0.25, 0.3) is 0 Å². The van der Waals surface area contributed by atoms with Crippen molar-refractivity contribution in [2.75, 3.05) is 11.9 Å². The number of hydrogen-bond donors (Lipinski definition) is 3. The van der Waals surface area contributed by atoms with Crippen molar-refractivity contribution in [3.05, 3.63) is 29.6 Å². The van der Waals surface area contributed by atoms with E-state index in [1.807, 2.05) is 0 Å². The fraction of sp³-hybridized carbons (Fsp3) is 0.400. The number of carbonyl (C=O) groups is 3. The van der Waals surface area contributed by atoms with Gasteiger partial charge in [0, 0.05) is 11.1 Å². The van der Waals surface area contributed by atoms with E-state index in [2.05, 4.69) is 10.6 Å². The first kappa shape index (κ1) is 17.6. The normalized spacial score (nSPS) is 10.9. The summed E-state index contributed by atoms with van der Waals surface area (Å²) in [6, 6.07) is 3.75. The van der Waals surface area contributed by atoms with Gasteiger partial charge in [0.25, 0.3) is 0 Å². The highest BCUT2D eigenvalue weighted by Gasteiger charge is 2.21. The Bertz CT molecular complexity index is 594. The SMILES string of the molecule is CC(C)(C)C(=O)NCC(=O)Nc1ccc(CC(=O)O)c(F)c1. The zero-order chi connectivity index (χ0) is 16.9. The van der Waals surface area contributed by atoms with E-state index in [1.165, 1.54) is 12.1 Å². The lowest BCUT2D eigenvalue weighted by Gasteiger charge is -2.17. The zero-order valence-electron chi connectivity index (χ0n) is 12.7. The van der Waals surface area contributed by atoms with Crippen LogP contribution >= 0.6 is 0 Å². The lowest BCUT2D eigenvalue weighted by atomic mass is 9.96. The van der Waals surface area contributed by atoms with Gasteiger partial charge in [-0.15, -0.1) is 0 Å². The molecule has 3 N–H and O–H groups in total. The molecule has 0 aliphatic carbocycles. The highest BCUT2D eigenvalue weighted by Crippen LogP contribution is 2.15. The monoisotopic (exact) mass is 310 g/mol. The number of carboxylic acid groups (broad SMARTS) is 1. The predicted molar refractivity (Wildman–Crippen MR) is 78.8 cm³/mol. The van der Waals surface area contributed by atoms with Crippen molar-refractivity contribution in [1.82, 2.24) is 5.32 Å². The number of hydrogen-bond acceptors (Lipinski definition) is 3. The van der Waals surface area contributed by atoms with Crippen LogP contribution in [0.1, 0.15) is 26.3 Å². The second-order valence-corrected chi connectivity index (χ2v) is 5.86. The molecule has 0 fully saturated rings. The molecule has 0 aromatic heterocycles. The maximum Gasteiger partial charge on any atom is 0.307 e. The predicted octanol–water partition coefficient (Wildman–Crippen LogP) is 1.55. The van der Waals surface area contributed by atoms with E-state index in [0.29, 0.717) is 0 Å². The Morgan fingerprint density at radius 2 is 1.86 bits per heavy atom. The number of nitrogens with one attached hydrogen (secondary N) is 2. The molecule has 1 aromatic rings. The molecule has 0 atom stereocenters. The Hall–Kier alpha value is -2.44. The molecular formula is C15H19FN2O4. The van der Waals surface area contributed by atoms with Gasteiger partial charge in [-0.05, 0) is 17.7 Å². The number of benzene rings is 1. The van der Waals surface area contributed by atoms with Gasteiger partial charge in [0.05, 0.1) is 13.0 Å². The van der Waals surface area contributed by atoms with Crippen LogP contribution in [0, 0.1) is 11.2 Å². The summed E-state index contributed by atoms with van der Waals surface area (Å²) in [5, 5.41) is 13.5. The van der Waals surface area contributed by atoms with Crippen molar-refractivity contribution < 1.29 is 23.9 Å². The van der Waals surface area contributed by atoms with Gasteiger partial charge in [0.1, 0.15) is 5.82 Å². The average Bonchev–Trinajstić information content (AvgIpc) is 2.37. The minimum atomic E-state index is -1.14. The standard InChI is InChI=1S/C15H19FN2O4/c1-15(2,3)14(22)17-8-12(19)18-10-5-4-9(6-13(20)21)11(16)7-10/h4-5,7H,6,8H2,1-3H3,(H,17,22)(H,18,19)(H,20,21). The molecule has 6 nitrogen and oxygen atoms in total. The molecule has 1 aromatic carbocycles. The first-order chi connectivity index (χ1) is 10.1. The molecule has 0 saturated heterocycles. The molecule has 1 rings (SSSR count). The minimum Gasteiger partial charge on any atom is -0.481 e. The van der Waals surface area contributed by atoms with Gasteiger partial charge >= 0.3 is 5.97 Å². The second-order valence-electron chi connectivity index (χ2n) is 5.86. The van der Waals surface area contributed by atoms with E-state index >= 15 is 0 Å². The zero-order valence-corrected chi connectivity index (χ0v) is 12.7. The molecule has 0 heterocycles. The molecule has 0 saturated carbocycles. The van der Waals surface area contributed by atoms with Gasteiger partial charge in [-0.25, -0.2) is 4.39 Å². The van der Waals surface area contributed by atoms with E-state index in [4.69, 9.17) is 5.11 Å². The second kappa shape index (κ2) is 7.02. The van der Waals surface area contributed by atoms with Crippen LogP contribution in [0.4, 0.5) is 10.1 Å². The Labute approximate surface area is 127 Å². The molecule has 0 aliphatic heterocycles. The summed E-state index contributed by atoms with van der Waals surface area (Å²) in [7, 11) is 0. The average molecular weight is 310 g/mol. The molecule has 0 bridgehead atoms. The largest absolute Gasteiger partial charge is 0.481 e. The third-order valence-electron chi connectivity index (χ3n) is 2.77. The smallest absolute Gasteiger partial charge is 0.307 e. The van der Waals surface area contributed by atoms with Gasteiger partial charge in [0.2, 0.25) is 11.8 Å². The van der Waals surface area contributed by atoms with Crippen LogP contribution in [0.15, 0.2) is 18.2 Å². The number of halogens is 1. The number of aliphatic carboxylic acids is 1. The van der Waals surface area contributed by atoms with E-state index in [1.54, 1.807) is 20.8 Å². The molecule has 0 spiro atoms. The third kappa shape index (κ3) is 5.51. The summed E-state index contributed by atoms with van der Waals surface area (Å²) in [5.74, 6) is -2.62. The van der Waals surface area contributed by atoms with Gasteiger partial charge in [-0.3, -0.25) is 14.4 Å². The number of rotatable bonds is 5. The molecular weight excluding hydrogens is 291 g/mol. The van der Waals surface area contributed by atoms with Crippen LogP contribution in [0.3, 0.4) is 0 Å². The summed E-state index contributed by atoms with van der Waals surface area (Å²) in [5.41, 5.74) is -0.376. The van der Waals surface area contributed by atoms with E-state index in [0.717, 1.165) is 6.07 Å². The molecule has 2 amide bonds. The summed E-state index contributed by atoms with van der Waals surface area (Å²) in [6.07, 6.45) is -0.429. The molecule has 0 unspecified atom stereocenters. The highest BCUT2D eigenvalue weighted by molar-refractivity contribution is 5.95. The van der Waals surface area contributed by atoms with Crippen molar-refractivity contribution in [2.45, 2.75) is 27.2 Å². The summed E-state index contributed by atoms with van der Waals surface area (Å²) in [4.78, 5) is 33.8. The molecule has 0 radical (unpaired) electrons. The maximum atomic E-state index is 13.6. The fourth-order valence-corrected chi connectivity index (χ4v) is 1.56. The molecule has 0 aliphatic rings. The Kier molecular flexibility index (Phi) is 5.62. The Morgan fingerprint density at radius 1 is 1.23 bits per heavy atom. The van der Waals surface area contributed by atoms with Crippen LogP contribution < -0.4 is 10.6 Å². The van der Waals surface area contributed by atoms with Crippen LogP contribution in [0.2, 0.25) is 0 Å². The van der Waals surface area contributed by atoms with Gasteiger partial charge < -0.3 is 15.7 Å². The third-order valence-corrected chi connectivity index (χ3v) is 2.77. The molecule has 120 valence electrons. The number of carboxylic acids is 1. The van der Waals surface area contributed by atoms with Crippen molar-refractivity contribution in [3.8, 4) is 0 Å². The summed E-state index contributed by atoms with van der Waals surface area (Å²) in [6.45, 7) is 4.93. The Morgan fingerprint density at radius 3 is 2.36 bits per heavy atom. The van der Waals surface area contributed by atoms with Crippen molar-refractivity contribution in [1.29, 1.82) is 0 Å². The van der Waals surface area contributed by atoms with Crippen molar-refractivity contribution >= 4 is 23.5 Å². The lowest BCUT2D eigenvalue weighted by Crippen LogP contribution is -2.39. The van der Waals surface area contributed by atoms with E-state index < -0.39 is 29.5 Å². The first-order valence-corrected chi connectivity index (χ1v) is 6.68. The van der Waals surface area contributed by atoms with Crippen LogP contribution in [-0.4, -0.2) is 29.4 Å². The van der Waals surface area contributed by atoms with Crippen LogP contribution in [0.5, 0.6) is 0 Å². The van der Waals surface area contributed by atoms with Crippen molar-refractivity contribution in [3.63, 3.8) is 0 Å². The number of carbonyl (C=O) groups excluding carboxylic acids is 2. The highest BCUT2D eigenvalue weighted by atomic mass is 19.1. The number of anilines is 1. The quantitative estimate of drug-likeness (QED) is 0.769. The van der Waals surface area contributed by atoms with Crippen LogP contribution in [-0.2, 0) is 20.8 Å². The summed E-state index contributed by atoms with van der Waals surface area (Å²) < 4.78 is 13.6. The minimum absolute atomic E-state index is 0.0338. The maximum absolute atomic E-state index is 13.6. The number of amides is 2. The van der Waals surface area contributed by atoms with Gasteiger partial charge in [-0.1, -0.05) is 26.8 Å². The molecule has 22 heavy (non-hydrogen) atoms. The van der Waals surface area contributed by atoms with Gasteiger partial charge in [-0.2, -0.15) is 0 Å². The van der Waals surface area contributed by atoms with Crippen molar-refractivity contribution in [2.24, 2.45) is 5.41 Å². The molecule has 7 heteroatoms.